The van der Waals surface area contributed by atoms with Crippen LogP contribution in [-0.2, 0) is 19.7 Å². The Morgan fingerprint density at radius 3 is 2.10 bits per heavy atom. The normalized spacial score (nSPS) is 15.9. The Balaban J connectivity index is 2.54. The summed E-state index contributed by atoms with van der Waals surface area (Å²) in [5, 5.41) is 21.1. The topological polar surface area (TPSA) is 83.8 Å². The van der Waals surface area contributed by atoms with Crippen molar-refractivity contribution in [3.05, 3.63) is 70.7 Å². The Hall–Kier alpha value is -2.37. The van der Waals surface area contributed by atoms with Crippen molar-refractivity contribution in [2.45, 2.75) is 51.7 Å². The van der Waals surface area contributed by atoms with Crippen LogP contribution in [0.15, 0.2) is 54.6 Å². The quantitative estimate of drug-likeness (QED) is 0.452. The van der Waals surface area contributed by atoms with Crippen molar-refractivity contribution in [3.8, 4) is 0 Å². The van der Waals surface area contributed by atoms with Crippen LogP contribution < -0.4 is 0 Å². The number of carbonyl (C=O) groups excluding carboxylic acids is 1. The average Bonchev–Trinajstić information content (AvgIpc) is 2.70. The van der Waals surface area contributed by atoms with Gasteiger partial charge in [0.05, 0.1) is 0 Å². The number of carboxylic acid groups (broad SMARTS) is 1. The summed E-state index contributed by atoms with van der Waals surface area (Å²) in [6.07, 6.45) is -0.852. The number of carboxylic acids is 1. The van der Waals surface area contributed by atoms with Crippen molar-refractivity contribution in [1.29, 1.82) is 0 Å². The molecule has 0 bridgehead atoms. The molecule has 0 radical (unpaired) electrons. The molecular weight excluding hydrogens is 404 g/mol. The molecular formula is C24H29ClO5. The second-order valence-electron chi connectivity index (χ2n) is 8.53. The van der Waals surface area contributed by atoms with Gasteiger partial charge in [0.2, 0.25) is 0 Å². The van der Waals surface area contributed by atoms with Gasteiger partial charge in [-0.2, -0.15) is 0 Å². The SMILES string of the molecule is CC(C)C(C)[C@](O)(C(=O)O)C(=O)OC(c1ccccc1)C(C)(C)c1cccc(Cl)c1. The zero-order chi connectivity index (χ0) is 22.7. The maximum atomic E-state index is 13.1. The molecule has 2 aromatic carbocycles. The first-order valence-electron chi connectivity index (χ1n) is 9.90. The molecule has 0 amide bonds. The van der Waals surface area contributed by atoms with E-state index in [2.05, 4.69) is 0 Å². The van der Waals surface area contributed by atoms with Gasteiger partial charge >= 0.3 is 11.9 Å². The van der Waals surface area contributed by atoms with E-state index < -0.39 is 35.0 Å². The maximum Gasteiger partial charge on any atom is 0.350 e. The van der Waals surface area contributed by atoms with Crippen molar-refractivity contribution in [3.63, 3.8) is 0 Å². The summed E-state index contributed by atoms with van der Waals surface area (Å²) in [7, 11) is 0. The van der Waals surface area contributed by atoms with Crippen molar-refractivity contribution in [1.82, 2.24) is 0 Å². The van der Waals surface area contributed by atoms with Gasteiger partial charge in [-0.15, -0.1) is 0 Å². The number of aliphatic hydroxyl groups is 1. The van der Waals surface area contributed by atoms with Gasteiger partial charge in [-0.1, -0.05) is 88.7 Å². The molecule has 0 saturated heterocycles. The first-order valence-corrected chi connectivity index (χ1v) is 10.3. The van der Waals surface area contributed by atoms with E-state index in [0.29, 0.717) is 10.6 Å². The number of halogens is 1. The first-order chi connectivity index (χ1) is 13.9. The molecule has 3 atom stereocenters. The molecule has 0 heterocycles. The zero-order valence-corrected chi connectivity index (χ0v) is 18.7. The van der Waals surface area contributed by atoms with Crippen LogP contribution in [0.2, 0.25) is 5.02 Å². The molecule has 0 aliphatic heterocycles. The zero-order valence-electron chi connectivity index (χ0n) is 17.9. The molecule has 0 fully saturated rings. The van der Waals surface area contributed by atoms with Gasteiger partial charge < -0.3 is 14.9 Å². The third kappa shape index (κ3) is 4.68. The highest BCUT2D eigenvalue weighted by molar-refractivity contribution is 6.30. The molecule has 30 heavy (non-hydrogen) atoms. The Morgan fingerprint density at radius 2 is 1.60 bits per heavy atom. The molecule has 0 spiro atoms. The molecule has 2 aromatic rings. The van der Waals surface area contributed by atoms with E-state index in [1.165, 1.54) is 6.92 Å². The van der Waals surface area contributed by atoms with Crippen LogP contribution in [0.1, 0.15) is 51.8 Å². The lowest BCUT2D eigenvalue weighted by molar-refractivity contribution is -0.194. The fraction of sp³-hybridized carbons (Fsp3) is 0.417. The van der Waals surface area contributed by atoms with Crippen molar-refractivity contribution >= 4 is 23.5 Å². The third-order valence-electron chi connectivity index (χ3n) is 5.85. The number of esters is 1. The van der Waals surface area contributed by atoms with Crippen LogP contribution in [0, 0.1) is 11.8 Å². The predicted molar refractivity (Wildman–Crippen MR) is 116 cm³/mol. The highest BCUT2D eigenvalue weighted by Gasteiger charge is 2.53. The summed E-state index contributed by atoms with van der Waals surface area (Å²) < 4.78 is 5.78. The number of hydrogen-bond acceptors (Lipinski definition) is 4. The molecule has 2 unspecified atom stereocenters. The smallest absolute Gasteiger partial charge is 0.350 e. The Labute approximate surface area is 182 Å². The van der Waals surface area contributed by atoms with Crippen LogP contribution in [-0.4, -0.2) is 27.8 Å². The lowest BCUT2D eigenvalue weighted by atomic mass is 9.76. The van der Waals surface area contributed by atoms with Gasteiger partial charge in [-0.3, -0.25) is 0 Å². The monoisotopic (exact) mass is 432 g/mol. The Kier molecular flexibility index (Phi) is 7.32. The van der Waals surface area contributed by atoms with Gasteiger partial charge in [0, 0.05) is 16.4 Å². The number of hydrogen-bond donors (Lipinski definition) is 2. The molecule has 0 aromatic heterocycles. The van der Waals surface area contributed by atoms with Gasteiger partial charge in [0.1, 0.15) is 6.10 Å². The van der Waals surface area contributed by atoms with Gasteiger partial charge in [-0.05, 0) is 29.2 Å². The van der Waals surface area contributed by atoms with E-state index >= 15 is 0 Å². The Bertz CT molecular complexity index is 893. The number of ether oxygens (including phenoxy) is 1. The number of aliphatic carboxylic acids is 1. The van der Waals surface area contributed by atoms with Crippen LogP contribution in [0.4, 0.5) is 0 Å². The highest BCUT2D eigenvalue weighted by atomic mass is 35.5. The van der Waals surface area contributed by atoms with Gasteiger partial charge in [-0.25, -0.2) is 9.59 Å². The highest BCUT2D eigenvalue weighted by Crippen LogP contribution is 2.41. The second-order valence-corrected chi connectivity index (χ2v) is 8.97. The van der Waals surface area contributed by atoms with Crippen molar-refractivity contribution in [2.24, 2.45) is 11.8 Å². The van der Waals surface area contributed by atoms with Crippen LogP contribution in [0.5, 0.6) is 0 Å². The molecule has 0 aliphatic carbocycles. The van der Waals surface area contributed by atoms with Gasteiger partial charge in [0.25, 0.3) is 5.60 Å². The van der Waals surface area contributed by atoms with Crippen LogP contribution in [0.3, 0.4) is 0 Å². The third-order valence-corrected chi connectivity index (χ3v) is 6.08. The van der Waals surface area contributed by atoms with E-state index in [0.717, 1.165) is 5.56 Å². The minimum Gasteiger partial charge on any atom is -0.479 e. The van der Waals surface area contributed by atoms with E-state index in [1.54, 1.807) is 44.2 Å². The van der Waals surface area contributed by atoms with Crippen molar-refractivity contribution < 1.29 is 24.5 Å². The van der Waals surface area contributed by atoms with Gasteiger partial charge in [0.15, 0.2) is 0 Å². The lowest BCUT2D eigenvalue weighted by Crippen LogP contribution is -2.55. The summed E-state index contributed by atoms with van der Waals surface area (Å²) in [6.45, 7) is 8.79. The van der Waals surface area contributed by atoms with Crippen LogP contribution >= 0.6 is 11.6 Å². The Morgan fingerprint density at radius 1 is 1.00 bits per heavy atom. The van der Waals surface area contributed by atoms with E-state index in [4.69, 9.17) is 16.3 Å². The molecule has 0 saturated carbocycles. The fourth-order valence-electron chi connectivity index (χ4n) is 3.45. The molecule has 2 rings (SSSR count). The summed E-state index contributed by atoms with van der Waals surface area (Å²) in [6, 6.07) is 16.3. The number of benzene rings is 2. The van der Waals surface area contributed by atoms with Crippen LogP contribution in [0.25, 0.3) is 0 Å². The molecule has 5 nitrogen and oxygen atoms in total. The summed E-state index contributed by atoms with van der Waals surface area (Å²) >= 11 is 6.17. The molecule has 162 valence electrons. The molecule has 2 N–H and O–H groups in total. The largest absolute Gasteiger partial charge is 0.479 e. The standard InChI is InChI=1S/C24H29ClO5/c1-15(2)16(3)24(29,21(26)27)22(28)30-20(17-10-7-6-8-11-17)23(4,5)18-12-9-13-19(25)14-18/h6-16,20,29H,1-5H3,(H,26,27)/t16?,20?,24-/m0/s1. The summed E-state index contributed by atoms with van der Waals surface area (Å²) in [4.78, 5) is 25.0. The number of rotatable bonds is 8. The number of carbonyl (C=O) groups is 2. The predicted octanol–water partition coefficient (Wildman–Crippen LogP) is 5.01. The summed E-state index contributed by atoms with van der Waals surface area (Å²) in [5.74, 6) is -3.91. The fourth-order valence-corrected chi connectivity index (χ4v) is 3.64. The van der Waals surface area contributed by atoms with E-state index in [1.807, 2.05) is 38.1 Å². The van der Waals surface area contributed by atoms with E-state index in [9.17, 15) is 19.8 Å². The minimum atomic E-state index is -2.66. The lowest BCUT2D eigenvalue weighted by Gasteiger charge is -2.38. The first kappa shape index (κ1) is 23.9. The molecule has 0 aliphatic rings. The average molecular weight is 433 g/mol. The second kappa shape index (κ2) is 9.19. The van der Waals surface area contributed by atoms with E-state index in [-0.39, 0.29) is 5.92 Å². The van der Waals surface area contributed by atoms with Crippen molar-refractivity contribution in [2.75, 3.05) is 0 Å². The minimum absolute atomic E-state index is 0.255. The molecule has 6 heteroatoms. The maximum absolute atomic E-state index is 13.1. The summed E-state index contributed by atoms with van der Waals surface area (Å²) in [5.41, 5.74) is -1.93.